The molecule has 6 heteroatoms. The molecule has 1 N–H and O–H groups in total. The number of hydrogen-bond donors (Lipinski definition) is 1. The second-order valence-corrected chi connectivity index (χ2v) is 5.74. The van der Waals surface area contributed by atoms with Gasteiger partial charge in [-0.25, -0.2) is 8.78 Å². The van der Waals surface area contributed by atoms with Gasteiger partial charge in [0.2, 0.25) is 0 Å². The van der Waals surface area contributed by atoms with E-state index in [1.54, 1.807) is 19.1 Å². The van der Waals surface area contributed by atoms with Gasteiger partial charge in [-0.15, -0.1) is 0 Å². The van der Waals surface area contributed by atoms with E-state index in [9.17, 15) is 18.7 Å². The maximum Gasteiger partial charge on any atom is 0.317 e. The summed E-state index contributed by atoms with van der Waals surface area (Å²) in [6, 6.07) is 6.28. The average Bonchev–Trinajstić information content (AvgIpc) is 2.55. The number of ether oxygens (including phenoxy) is 2. The standard InChI is InChI=1S/C18H26F2O4/c1-4-6-12-24-14-9-7-13(8-10-14)18(22,11-5-2)15(16(19)20)17(21)23-3/h7-10,15-16,22H,4-6,11-12H2,1-3H3. The van der Waals surface area contributed by atoms with Gasteiger partial charge in [-0.3, -0.25) is 4.79 Å². The highest BCUT2D eigenvalue weighted by Crippen LogP contribution is 2.39. The van der Waals surface area contributed by atoms with Crippen LogP contribution in [0.3, 0.4) is 0 Å². The van der Waals surface area contributed by atoms with E-state index in [-0.39, 0.29) is 12.0 Å². The Kier molecular flexibility index (Phi) is 8.11. The first-order valence-corrected chi connectivity index (χ1v) is 8.22. The van der Waals surface area contributed by atoms with Gasteiger partial charge in [0, 0.05) is 0 Å². The first-order chi connectivity index (χ1) is 11.4. The maximum atomic E-state index is 13.4. The van der Waals surface area contributed by atoms with Crippen LogP contribution in [0.2, 0.25) is 0 Å². The fraction of sp³-hybridized carbons (Fsp3) is 0.611. The van der Waals surface area contributed by atoms with E-state index in [4.69, 9.17) is 4.74 Å². The summed E-state index contributed by atoms with van der Waals surface area (Å²) >= 11 is 0. The van der Waals surface area contributed by atoms with Gasteiger partial charge < -0.3 is 14.6 Å². The fourth-order valence-electron chi connectivity index (χ4n) is 2.67. The second kappa shape index (κ2) is 9.57. The Morgan fingerprint density at radius 2 is 1.83 bits per heavy atom. The number of aliphatic hydroxyl groups is 1. The van der Waals surface area contributed by atoms with Crippen LogP contribution < -0.4 is 4.74 Å². The molecule has 1 aromatic rings. The molecule has 0 bridgehead atoms. The van der Waals surface area contributed by atoms with E-state index >= 15 is 0 Å². The van der Waals surface area contributed by atoms with Crippen molar-refractivity contribution in [2.45, 2.75) is 51.6 Å². The van der Waals surface area contributed by atoms with Gasteiger partial charge in [-0.2, -0.15) is 0 Å². The molecule has 24 heavy (non-hydrogen) atoms. The number of unbranched alkanes of at least 4 members (excludes halogenated alkanes) is 1. The Balaban J connectivity index is 3.10. The molecule has 0 aliphatic carbocycles. The number of benzene rings is 1. The van der Waals surface area contributed by atoms with Crippen molar-refractivity contribution in [2.24, 2.45) is 5.92 Å². The lowest BCUT2D eigenvalue weighted by Crippen LogP contribution is -2.44. The Labute approximate surface area is 141 Å². The molecule has 1 aromatic carbocycles. The number of rotatable bonds is 10. The highest BCUT2D eigenvalue weighted by Gasteiger charge is 2.48. The lowest BCUT2D eigenvalue weighted by atomic mass is 9.78. The molecule has 2 atom stereocenters. The molecule has 0 spiro atoms. The van der Waals surface area contributed by atoms with E-state index in [1.165, 1.54) is 12.1 Å². The number of alkyl halides is 2. The minimum absolute atomic E-state index is 0.0210. The van der Waals surface area contributed by atoms with E-state index < -0.39 is 23.9 Å². The molecule has 0 heterocycles. The Bertz CT molecular complexity index is 504. The predicted octanol–water partition coefficient (Wildman–Crippen LogP) is 3.91. The van der Waals surface area contributed by atoms with Crippen molar-refractivity contribution in [3.8, 4) is 5.75 Å². The molecule has 0 saturated carbocycles. The summed E-state index contributed by atoms with van der Waals surface area (Å²) in [5.41, 5.74) is -1.74. The van der Waals surface area contributed by atoms with Crippen molar-refractivity contribution in [1.82, 2.24) is 0 Å². The number of carbonyl (C=O) groups is 1. The molecule has 0 aromatic heterocycles. The SMILES string of the molecule is CCCCOc1ccc(C(O)(CCC)C(C(=O)OC)C(F)F)cc1. The van der Waals surface area contributed by atoms with Crippen molar-refractivity contribution in [2.75, 3.05) is 13.7 Å². The fourth-order valence-corrected chi connectivity index (χ4v) is 2.67. The molecule has 0 radical (unpaired) electrons. The van der Waals surface area contributed by atoms with Crippen LogP contribution in [0, 0.1) is 5.92 Å². The molecule has 0 amide bonds. The topological polar surface area (TPSA) is 55.8 Å². The van der Waals surface area contributed by atoms with Crippen molar-refractivity contribution in [3.05, 3.63) is 29.8 Å². The summed E-state index contributed by atoms with van der Waals surface area (Å²) in [5.74, 6) is -2.46. The number of hydrogen-bond acceptors (Lipinski definition) is 4. The minimum atomic E-state index is -3.03. The van der Waals surface area contributed by atoms with Crippen molar-refractivity contribution < 1.29 is 28.2 Å². The van der Waals surface area contributed by atoms with Crippen LogP contribution >= 0.6 is 0 Å². The first kappa shape index (κ1) is 20.4. The van der Waals surface area contributed by atoms with E-state index in [0.717, 1.165) is 20.0 Å². The Morgan fingerprint density at radius 1 is 1.21 bits per heavy atom. The minimum Gasteiger partial charge on any atom is -0.494 e. The van der Waals surface area contributed by atoms with Crippen LogP contribution in [0.5, 0.6) is 5.75 Å². The van der Waals surface area contributed by atoms with E-state index in [0.29, 0.717) is 18.8 Å². The van der Waals surface area contributed by atoms with Crippen LogP contribution in [0.25, 0.3) is 0 Å². The molecule has 0 aliphatic rings. The molecule has 0 fully saturated rings. The lowest BCUT2D eigenvalue weighted by Gasteiger charge is -2.34. The molecule has 2 unspecified atom stereocenters. The molecular weight excluding hydrogens is 318 g/mol. The third-order valence-corrected chi connectivity index (χ3v) is 3.97. The van der Waals surface area contributed by atoms with Gasteiger partial charge in [-0.1, -0.05) is 38.8 Å². The quantitative estimate of drug-likeness (QED) is 0.516. The third kappa shape index (κ3) is 4.90. The summed E-state index contributed by atoms with van der Waals surface area (Å²) in [4.78, 5) is 11.8. The number of methoxy groups -OCH3 is 1. The monoisotopic (exact) mass is 344 g/mol. The zero-order valence-corrected chi connectivity index (χ0v) is 14.4. The summed E-state index contributed by atoms with van der Waals surface area (Å²) in [6.07, 6.45) is -0.658. The number of halogens is 2. The highest BCUT2D eigenvalue weighted by molar-refractivity contribution is 5.74. The summed E-state index contributed by atoms with van der Waals surface area (Å²) in [7, 11) is 1.04. The molecule has 136 valence electrons. The largest absolute Gasteiger partial charge is 0.494 e. The average molecular weight is 344 g/mol. The van der Waals surface area contributed by atoms with Gasteiger partial charge in [0.05, 0.1) is 13.7 Å². The van der Waals surface area contributed by atoms with Crippen LogP contribution in [0.15, 0.2) is 24.3 Å². The van der Waals surface area contributed by atoms with Crippen molar-refractivity contribution in [3.63, 3.8) is 0 Å². The van der Waals surface area contributed by atoms with Crippen LogP contribution in [0.4, 0.5) is 8.78 Å². The van der Waals surface area contributed by atoms with E-state index in [2.05, 4.69) is 11.7 Å². The van der Waals surface area contributed by atoms with Gasteiger partial charge in [0.15, 0.2) is 5.92 Å². The van der Waals surface area contributed by atoms with Gasteiger partial charge >= 0.3 is 5.97 Å². The zero-order chi connectivity index (χ0) is 18.2. The maximum absolute atomic E-state index is 13.4. The van der Waals surface area contributed by atoms with Gasteiger partial charge in [0.1, 0.15) is 11.4 Å². The van der Waals surface area contributed by atoms with Crippen LogP contribution in [0.1, 0.15) is 45.1 Å². The van der Waals surface area contributed by atoms with Crippen molar-refractivity contribution >= 4 is 5.97 Å². The molecule has 4 nitrogen and oxygen atoms in total. The van der Waals surface area contributed by atoms with Crippen LogP contribution in [-0.4, -0.2) is 31.2 Å². The molecule has 0 saturated heterocycles. The number of esters is 1. The molecule has 0 aliphatic heterocycles. The Hall–Kier alpha value is -1.69. The highest BCUT2D eigenvalue weighted by atomic mass is 19.3. The third-order valence-electron chi connectivity index (χ3n) is 3.97. The predicted molar refractivity (Wildman–Crippen MR) is 87.2 cm³/mol. The lowest BCUT2D eigenvalue weighted by molar-refractivity contribution is -0.170. The molecule has 1 rings (SSSR count). The van der Waals surface area contributed by atoms with E-state index in [1.807, 2.05) is 0 Å². The second-order valence-electron chi connectivity index (χ2n) is 5.74. The smallest absolute Gasteiger partial charge is 0.317 e. The molecular formula is C18H26F2O4. The Morgan fingerprint density at radius 3 is 2.29 bits per heavy atom. The summed E-state index contributed by atoms with van der Waals surface area (Å²) < 4.78 is 36.9. The summed E-state index contributed by atoms with van der Waals surface area (Å²) in [6.45, 7) is 4.37. The summed E-state index contributed by atoms with van der Waals surface area (Å²) in [5, 5.41) is 10.9. The van der Waals surface area contributed by atoms with Crippen LogP contribution in [-0.2, 0) is 15.1 Å². The zero-order valence-electron chi connectivity index (χ0n) is 14.4. The van der Waals surface area contributed by atoms with Gasteiger partial charge in [0.25, 0.3) is 6.43 Å². The van der Waals surface area contributed by atoms with Crippen molar-refractivity contribution in [1.29, 1.82) is 0 Å². The normalized spacial score (nSPS) is 15.0. The van der Waals surface area contributed by atoms with Gasteiger partial charge in [-0.05, 0) is 30.5 Å². The first-order valence-electron chi connectivity index (χ1n) is 8.22. The number of carbonyl (C=O) groups excluding carboxylic acids is 1.